The van der Waals surface area contributed by atoms with Crippen LogP contribution in [0.25, 0.3) is 0 Å². The monoisotopic (exact) mass is 257 g/mol. The van der Waals surface area contributed by atoms with E-state index in [4.69, 9.17) is 16.7 Å². The Morgan fingerprint density at radius 2 is 2.12 bits per heavy atom. The van der Waals surface area contributed by atoms with Crippen LogP contribution in [0.5, 0.6) is 0 Å². The predicted molar refractivity (Wildman–Crippen MR) is 63.1 cm³/mol. The van der Waals surface area contributed by atoms with Gasteiger partial charge in [0.25, 0.3) is 5.91 Å². The highest BCUT2D eigenvalue weighted by molar-refractivity contribution is 6.33. The smallest absolute Gasteiger partial charge is 0.337 e. The molecule has 1 aromatic rings. The fraction of sp³-hybridized carbons (Fsp3) is 0.273. The zero-order valence-electron chi connectivity index (χ0n) is 9.36. The van der Waals surface area contributed by atoms with Crippen LogP contribution in [0.15, 0.2) is 18.2 Å². The average molecular weight is 258 g/mol. The van der Waals surface area contributed by atoms with Crippen molar-refractivity contribution in [2.45, 2.75) is 13.0 Å². The van der Waals surface area contributed by atoms with E-state index >= 15 is 0 Å². The number of ether oxygens (including phenoxy) is 1. The van der Waals surface area contributed by atoms with E-state index in [1.54, 1.807) is 0 Å². The zero-order chi connectivity index (χ0) is 13.0. The van der Waals surface area contributed by atoms with Crippen LogP contribution in [0.3, 0.4) is 0 Å². The first-order valence-corrected chi connectivity index (χ1v) is 5.20. The van der Waals surface area contributed by atoms with E-state index in [2.05, 4.69) is 10.1 Å². The maximum Gasteiger partial charge on any atom is 0.337 e. The van der Waals surface area contributed by atoms with Crippen LogP contribution in [0.4, 0.5) is 5.69 Å². The SMILES string of the molecule is COC(=O)c1ccc(Cl)c(NC(=O)C(C)O)c1. The van der Waals surface area contributed by atoms with E-state index < -0.39 is 18.0 Å². The van der Waals surface area contributed by atoms with Gasteiger partial charge in [0, 0.05) is 0 Å². The van der Waals surface area contributed by atoms with Crippen LogP contribution in [-0.2, 0) is 9.53 Å². The molecule has 5 nitrogen and oxygen atoms in total. The second kappa shape index (κ2) is 5.65. The van der Waals surface area contributed by atoms with Crippen LogP contribution in [0, 0.1) is 0 Å². The molecule has 6 heteroatoms. The Balaban J connectivity index is 2.99. The minimum Gasteiger partial charge on any atom is -0.465 e. The Hall–Kier alpha value is -1.59. The number of rotatable bonds is 3. The number of hydrogen-bond acceptors (Lipinski definition) is 4. The molecule has 0 saturated carbocycles. The molecule has 0 aromatic heterocycles. The van der Waals surface area contributed by atoms with Gasteiger partial charge in [0.2, 0.25) is 0 Å². The highest BCUT2D eigenvalue weighted by atomic mass is 35.5. The number of carbonyl (C=O) groups is 2. The molecule has 0 aliphatic heterocycles. The summed E-state index contributed by atoms with van der Waals surface area (Å²) in [4.78, 5) is 22.5. The van der Waals surface area contributed by atoms with Gasteiger partial charge in [0.15, 0.2) is 0 Å². The summed E-state index contributed by atoms with van der Waals surface area (Å²) in [6.45, 7) is 1.33. The van der Waals surface area contributed by atoms with Crippen molar-refractivity contribution in [2.75, 3.05) is 12.4 Å². The Kier molecular flexibility index (Phi) is 4.48. The van der Waals surface area contributed by atoms with E-state index in [-0.39, 0.29) is 16.3 Å². The minimum absolute atomic E-state index is 0.250. The summed E-state index contributed by atoms with van der Waals surface area (Å²) < 4.78 is 4.54. The van der Waals surface area contributed by atoms with E-state index in [1.807, 2.05) is 0 Å². The van der Waals surface area contributed by atoms with Crippen molar-refractivity contribution >= 4 is 29.2 Å². The maximum atomic E-state index is 11.3. The van der Waals surface area contributed by atoms with Crippen molar-refractivity contribution in [1.82, 2.24) is 0 Å². The molecule has 0 bridgehead atoms. The number of halogens is 1. The highest BCUT2D eigenvalue weighted by Gasteiger charge is 2.13. The first-order chi connectivity index (χ1) is 7.95. The fourth-order valence-electron chi connectivity index (χ4n) is 1.10. The number of esters is 1. The molecular weight excluding hydrogens is 246 g/mol. The minimum atomic E-state index is -1.16. The summed E-state index contributed by atoms with van der Waals surface area (Å²) in [5.41, 5.74) is 0.512. The van der Waals surface area contributed by atoms with Gasteiger partial charge in [-0.05, 0) is 25.1 Å². The van der Waals surface area contributed by atoms with Gasteiger partial charge in [-0.2, -0.15) is 0 Å². The molecule has 0 fully saturated rings. The topological polar surface area (TPSA) is 75.6 Å². The molecule has 1 rings (SSSR count). The van der Waals surface area contributed by atoms with Gasteiger partial charge in [-0.1, -0.05) is 11.6 Å². The fourth-order valence-corrected chi connectivity index (χ4v) is 1.27. The molecule has 0 radical (unpaired) electrons. The predicted octanol–water partition coefficient (Wildman–Crippen LogP) is 1.45. The summed E-state index contributed by atoms with van der Waals surface area (Å²) >= 11 is 5.84. The van der Waals surface area contributed by atoms with Crippen LogP contribution in [0.2, 0.25) is 5.02 Å². The van der Waals surface area contributed by atoms with Crippen LogP contribution >= 0.6 is 11.6 Å². The molecule has 0 heterocycles. The molecule has 1 amide bonds. The normalized spacial score (nSPS) is 11.8. The number of amides is 1. The van der Waals surface area contributed by atoms with E-state index in [0.29, 0.717) is 0 Å². The number of benzene rings is 1. The van der Waals surface area contributed by atoms with Crippen molar-refractivity contribution in [3.63, 3.8) is 0 Å². The Morgan fingerprint density at radius 3 is 2.65 bits per heavy atom. The van der Waals surface area contributed by atoms with Crippen LogP contribution in [0.1, 0.15) is 17.3 Å². The lowest BCUT2D eigenvalue weighted by Gasteiger charge is -2.10. The zero-order valence-corrected chi connectivity index (χ0v) is 10.1. The average Bonchev–Trinajstić information content (AvgIpc) is 2.30. The number of nitrogens with one attached hydrogen (secondary N) is 1. The molecule has 17 heavy (non-hydrogen) atoms. The van der Waals surface area contributed by atoms with E-state index in [9.17, 15) is 9.59 Å². The summed E-state index contributed by atoms with van der Waals surface area (Å²) in [5, 5.41) is 11.7. The molecule has 1 atom stereocenters. The van der Waals surface area contributed by atoms with Crippen molar-refractivity contribution in [3.8, 4) is 0 Å². The number of hydrogen-bond donors (Lipinski definition) is 2. The Bertz CT molecular complexity index is 445. The van der Waals surface area contributed by atoms with Gasteiger partial charge in [-0.25, -0.2) is 4.79 Å². The van der Waals surface area contributed by atoms with Gasteiger partial charge in [0.1, 0.15) is 6.10 Å². The van der Waals surface area contributed by atoms with Crippen molar-refractivity contribution in [3.05, 3.63) is 28.8 Å². The van der Waals surface area contributed by atoms with Crippen LogP contribution in [-0.4, -0.2) is 30.2 Å². The van der Waals surface area contributed by atoms with Crippen molar-refractivity contribution in [1.29, 1.82) is 0 Å². The standard InChI is InChI=1S/C11H12ClNO4/c1-6(14)10(15)13-9-5-7(11(16)17-2)3-4-8(9)12/h3-6,14H,1-2H3,(H,13,15). The Labute approximate surface area is 103 Å². The molecule has 1 unspecified atom stereocenters. The lowest BCUT2D eigenvalue weighted by Crippen LogP contribution is -2.24. The largest absolute Gasteiger partial charge is 0.465 e. The number of aliphatic hydroxyl groups is 1. The molecule has 2 N–H and O–H groups in total. The number of methoxy groups -OCH3 is 1. The first kappa shape index (κ1) is 13.5. The third kappa shape index (κ3) is 3.44. The molecular formula is C11H12ClNO4. The molecule has 0 spiro atoms. The van der Waals surface area contributed by atoms with E-state index in [0.717, 1.165) is 0 Å². The van der Waals surface area contributed by atoms with Gasteiger partial charge in [-0.3, -0.25) is 4.79 Å². The van der Waals surface area contributed by atoms with E-state index in [1.165, 1.54) is 32.2 Å². The lowest BCUT2D eigenvalue weighted by atomic mass is 10.2. The number of anilines is 1. The first-order valence-electron chi connectivity index (χ1n) is 4.82. The second-order valence-corrected chi connectivity index (χ2v) is 3.76. The van der Waals surface area contributed by atoms with Gasteiger partial charge in [-0.15, -0.1) is 0 Å². The quantitative estimate of drug-likeness (QED) is 0.804. The molecule has 0 aliphatic carbocycles. The summed E-state index contributed by atoms with van der Waals surface area (Å²) in [6, 6.07) is 4.33. The third-order valence-corrected chi connectivity index (χ3v) is 2.35. The molecule has 0 saturated heterocycles. The summed E-state index contributed by atoms with van der Waals surface area (Å²) in [6.07, 6.45) is -1.16. The van der Waals surface area contributed by atoms with Crippen molar-refractivity contribution in [2.24, 2.45) is 0 Å². The Morgan fingerprint density at radius 1 is 1.47 bits per heavy atom. The van der Waals surface area contributed by atoms with Crippen molar-refractivity contribution < 1.29 is 19.4 Å². The third-order valence-electron chi connectivity index (χ3n) is 2.02. The van der Waals surface area contributed by atoms with Gasteiger partial charge in [0.05, 0.1) is 23.4 Å². The summed E-state index contributed by atoms with van der Waals surface area (Å²) in [5.74, 6) is -1.14. The number of carbonyl (C=O) groups excluding carboxylic acids is 2. The molecule has 92 valence electrons. The number of aliphatic hydroxyl groups excluding tert-OH is 1. The second-order valence-electron chi connectivity index (χ2n) is 3.35. The van der Waals surface area contributed by atoms with Crippen LogP contribution < -0.4 is 5.32 Å². The maximum absolute atomic E-state index is 11.3. The van der Waals surface area contributed by atoms with Gasteiger partial charge >= 0.3 is 5.97 Å². The highest BCUT2D eigenvalue weighted by Crippen LogP contribution is 2.23. The van der Waals surface area contributed by atoms with Gasteiger partial charge < -0.3 is 15.2 Å². The summed E-state index contributed by atoms with van der Waals surface area (Å²) in [7, 11) is 1.25. The molecule has 0 aliphatic rings. The molecule has 1 aromatic carbocycles. The lowest BCUT2D eigenvalue weighted by molar-refractivity contribution is -0.123.